The molecular formula is C25H25Cl2NO4. The summed E-state index contributed by atoms with van der Waals surface area (Å²) in [6.45, 7) is 4.09. The van der Waals surface area contributed by atoms with E-state index in [1.807, 2.05) is 19.9 Å². The Hall–Kier alpha value is -2.50. The number of carbonyl (C=O) groups is 2. The maximum absolute atomic E-state index is 13.6. The average molecular weight is 474 g/mol. The van der Waals surface area contributed by atoms with Gasteiger partial charge in [0.15, 0.2) is 5.78 Å². The van der Waals surface area contributed by atoms with Gasteiger partial charge in [-0.25, -0.2) is 0 Å². The van der Waals surface area contributed by atoms with E-state index in [4.69, 9.17) is 32.7 Å². The lowest BCUT2D eigenvalue weighted by molar-refractivity contribution is -0.121. The van der Waals surface area contributed by atoms with Crippen LogP contribution in [-0.4, -0.2) is 25.9 Å². The quantitative estimate of drug-likeness (QED) is 0.532. The SMILES string of the molecule is COc1ccc(N2C(=O)CC(c3ccc(Cl)cc3Cl)C3=C2CC(C)(C)CC3=O)c(OC)c1. The zero-order valence-corrected chi connectivity index (χ0v) is 20.0. The van der Waals surface area contributed by atoms with E-state index in [2.05, 4.69) is 0 Å². The van der Waals surface area contributed by atoms with Gasteiger partial charge in [0.1, 0.15) is 11.5 Å². The smallest absolute Gasteiger partial charge is 0.232 e. The number of ketones is 1. The lowest BCUT2D eigenvalue weighted by Gasteiger charge is -2.43. The molecule has 1 aliphatic carbocycles. The zero-order valence-electron chi connectivity index (χ0n) is 18.5. The van der Waals surface area contributed by atoms with E-state index in [9.17, 15) is 9.59 Å². The Morgan fingerprint density at radius 3 is 2.41 bits per heavy atom. The average Bonchev–Trinajstić information content (AvgIpc) is 2.72. The van der Waals surface area contributed by atoms with Crippen LogP contribution < -0.4 is 14.4 Å². The first-order valence-electron chi connectivity index (χ1n) is 10.4. The van der Waals surface area contributed by atoms with Crippen LogP contribution in [0.3, 0.4) is 0 Å². The van der Waals surface area contributed by atoms with Crippen molar-refractivity contribution in [1.82, 2.24) is 0 Å². The molecule has 0 fully saturated rings. The maximum atomic E-state index is 13.6. The highest BCUT2D eigenvalue weighted by Gasteiger charge is 2.45. The molecule has 2 aromatic rings. The van der Waals surface area contributed by atoms with E-state index in [0.29, 0.717) is 51.3 Å². The number of nitrogens with zero attached hydrogens (tertiary/aromatic N) is 1. The number of benzene rings is 2. The summed E-state index contributed by atoms with van der Waals surface area (Å²) < 4.78 is 10.9. The predicted molar refractivity (Wildman–Crippen MR) is 126 cm³/mol. The Balaban J connectivity index is 1.93. The van der Waals surface area contributed by atoms with Gasteiger partial charge in [0.25, 0.3) is 0 Å². The van der Waals surface area contributed by atoms with Gasteiger partial charge in [-0.3, -0.25) is 14.5 Å². The number of rotatable bonds is 4. The van der Waals surface area contributed by atoms with E-state index in [0.717, 1.165) is 5.56 Å². The third-order valence-corrected chi connectivity index (χ3v) is 6.67. The van der Waals surface area contributed by atoms with Gasteiger partial charge in [0.05, 0.1) is 19.9 Å². The highest BCUT2D eigenvalue weighted by Crippen LogP contribution is 2.50. The molecule has 0 N–H and O–H groups in total. The lowest BCUT2D eigenvalue weighted by Crippen LogP contribution is -2.43. The standard InChI is InChI=1S/C25H25Cl2NO4/c1-25(2)12-20-24(21(29)13-25)17(16-7-5-14(26)9-18(16)27)11-23(30)28(20)19-8-6-15(31-3)10-22(19)32-4/h5-10,17H,11-13H2,1-4H3. The van der Waals surface area contributed by atoms with Crippen molar-refractivity contribution in [2.45, 2.75) is 39.0 Å². The fourth-order valence-corrected chi connectivity index (χ4v) is 5.25. The summed E-state index contributed by atoms with van der Waals surface area (Å²) in [6, 6.07) is 10.5. The van der Waals surface area contributed by atoms with E-state index < -0.39 is 5.92 Å². The number of amides is 1. The number of Topliss-reactive ketones (excluding diaryl/α,β-unsaturated/α-hetero) is 1. The number of anilines is 1. The largest absolute Gasteiger partial charge is 0.497 e. The van der Waals surface area contributed by atoms with Gasteiger partial charge in [-0.05, 0) is 41.7 Å². The minimum atomic E-state index is -0.411. The Kier molecular flexibility index (Phi) is 5.99. The Morgan fingerprint density at radius 2 is 1.75 bits per heavy atom. The van der Waals surface area contributed by atoms with Gasteiger partial charge in [0.2, 0.25) is 5.91 Å². The lowest BCUT2D eigenvalue weighted by atomic mass is 9.69. The summed E-state index contributed by atoms with van der Waals surface area (Å²) in [5.41, 5.74) is 2.41. The number of halogens is 2. The summed E-state index contributed by atoms with van der Waals surface area (Å²) in [6.07, 6.45) is 1.12. The second-order valence-electron chi connectivity index (χ2n) is 8.99. The Morgan fingerprint density at radius 1 is 1.00 bits per heavy atom. The molecule has 0 radical (unpaired) electrons. The topological polar surface area (TPSA) is 55.8 Å². The van der Waals surface area contributed by atoms with Crippen LogP contribution in [-0.2, 0) is 9.59 Å². The second-order valence-corrected chi connectivity index (χ2v) is 9.83. The molecule has 1 unspecified atom stereocenters. The van der Waals surface area contributed by atoms with Gasteiger partial charge in [-0.15, -0.1) is 0 Å². The molecule has 1 amide bonds. The summed E-state index contributed by atoms with van der Waals surface area (Å²) in [5.74, 6) is 0.635. The first kappa shape index (κ1) is 22.7. The minimum Gasteiger partial charge on any atom is -0.497 e. The van der Waals surface area contributed by atoms with E-state index in [-0.39, 0.29) is 23.5 Å². The molecule has 0 saturated heterocycles. The van der Waals surface area contributed by atoms with E-state index in [1.165, 1.54) is 0 Å². The third-order valence-electron chi connectivity index (χ3n) is 6.11. The Labute approximate surface area is 197 Å². The van der Waals surface area contributed by atoms with Gasteiger partial charge in [-0.2, -0.15) is 0 Å². The van der Waals surface area contributed by atoms with Crippen LogP contribution >= 0.6 is 23.2 Å². The third kappa shape index (κ3) is 4.00. The molecule has 7 heteroatoms. The van der Waals surface area contributed by atoms with Crippen molar-refractivity contribution in [2.24, 2.45) is 5.41 Å². The van der Waals surface area contributed by atoms with Crippen LogP contribution in [0.15, 0.2) is 47.7 Å². The van der Waals surface area contributed by atoms with Gasteiger partial charge >= 0.3 is 0 Å². The maximum Gasteiger partial charge on any atom is 0.232 e. The first-order valence-corrected chi connectivity index (χ1v) is 11.2. The van der Waals surface area contributed by atoms with Crippen molar-refractivity contribution < 1.29 is 19.1 Å². The van der Waals surface area contributed by atoms with E-state index >= 15 is 0 Å². The highest BCUT2D eigenvalue weighted by atomic mass is 35.5. The molecule has 2 aromatic carbocycles. The summed E-state index contributed by atoms with van der Waals surface area (Å²) in [4.78, 5) is 28.7. The van der Waals surface area contributed by atoms with Gasteiger partial charge < -0.3 is 9.47 Å². The minimum absolute atomic E-state index is 0.0391. The van der Waals surface area contributed by atoms with Crippen molar-refractivity contribution in [3.63, 3.8) is 0 Å². The van der Waals surface area contributed by atoms with Crippen LogP contribution in [0, 0.1) is 5.41 Å². The van der Waals surface area contributed by atoms with Gasteiger partial charge in [0, 0.05) is 46.1 Å². The van der Waals surface area contributed by atoms with Crippen molar-refractivity contribution in [3.8, 4) is 11.5 Å². The number of hydrogen-bond acceptors (Lipinski definition) is 4. The van der Waals surface area contributed by atoms with Crippen LogP contribution in [0.2, 0.25) is 10.0 Å². The molecule has 1 atom stereocenters. The number of methoxy groups -OCH3 is 2. The molecule has 0 saturated carbocycles. The van der Waals surface area contributed by atoms with E-state index in [1.54, 1.807) is 49.5 Å². The molecule has 2 aliphatic rings. The molecular weight excluding hydrogens is 449 g/mol. The van der Waals surface area contributed by atoms with Crippen molar-refractivity contribution in [3.05, 3.63) is 63.3 Å². The highest BCUT2D eigenvalue weighted by molar-refractivity contribution is 6.35. The summed E-state index contributed by atoms with van der Waals surface area (Å²) >= 11 is 12.6. The molecule has 0 aromatic heterocycles. The van der Waals surface area contributed by atoms with Gasteiger partial charge in [-0.1, -0.05) is 43.1 Å². The number of ether oxygens (including phenoxy) is 2. The Bertz CT molecular complexity index is 1140. The number of allylic oxidation sites excluding steroid dienone is 2. The number of hydrogen-bond donors (Lipinski definition) is 0. The molecule has 4 rings (SSSR count). The molecule has 0 spiro atoms. The van der Waals surface area contributed by atoms with Crippen LogP contribution in [0.1, 0.15) is 44.6 Å². The molecule has 1 heterocycles. The number of carbonyl (C=O) groups excluding carboxylic acids is 2. The van der Waals surface area contributed by atoms with Crippen LogP contribution in [0.5, 0.6) is 11.5 Å². The van der Waals surface area contributed by atoms with Crippen LogP contribution in [0.4, 0.5) is 5.69 Å². The molecule has 0 bridgehead atoms. The normalized spacial score (nSPS) is 20.3. The summed E-state index contributed by atoms with van der Waals surface area (Å²) in [7, 11) is 3.12. The van der Waals surface area contributed by atoms with Crippen molar-refractivity contribution in [1.29, 1.82) is 0 Å². The molecule has 168 valence electrons. The first-order chi connectivity index (χ1) is 15.1. The summed E-state index contributed by atoms with van der Waals surface area (Å²) in [5, 5.41) is 0.964. The van der Waals surface area contributed by atoms with Crippen molar-refractivity contribution in [2.75, 3.05) is 19.1 Å². The fourth-order valence-electron chi connectivity index (χ4n) is 4.71. The van der Waals surface area contributed by atoms with Crippen LogP contribution in [0.25, 0.3) is 0 Å². The zero-order chi connectivity index (χ0) is 23.2. The van der Waals surface area contributed by atoms with Crippen molar-refractivity contribution >= 4 is 40.6 Å². The molecule has 32 heavy (non-hydrogen) atoms. The predicted octanol–water partition coefficient (Wildman–Crippen LogP) is 6.17. The molecule has 1 aliphatic heterocycles. The molecule has 5 nitrogen and oxygen atoms in total. The monoisotopic (exact) mass is 473 g/mol. The fraction of sp³-hybridized carbons (Fsp3) is 0.360. The second kappa shape index (κ2) is 8.45.